The maximum atomic E-state index is 11.4. The maximum Gasteiger partial charge on any atom is 0.306 e. The van der Waals surface area contributed by atoms with Crippen LogP contribution in [0.15, 0.2) is 47.3 Å². The predicted molar refractivity (Wildman–Crippen MR) is 61.1 cm³/mol. The van der Waals surface area contributed by atoms with Crippen LogP contribution >= 0.6 is 0 Å². The van der Waals surface area contributed by atoms with Crippen LogP contribution in [-0.4, -0.2) is 11.0 Å². The van der Waals surface area contributed by atoms with Gasteiger partial charge in [0.05, 0.1) is 6.26 Å². The number of nitrogens with zero attached hydrogens (tertiary/aromatic N) is 1. The molecule has 4 heteroatoms. The van der Waals surface area contributed by atoms with Crippen molar-refractivity contribution in [3.05, 3.63) is 54.2 Å². The van der Waals surface area contributed by atoms with Crippen LogP contribution in [0, 0.1) is 0 Å². The van der Waals surface area contributed by atoms with Gasteiger partial charge in [0.1, 0.15) is 12.4 Å². The number of pyridine rings is 1. The van der Waals surface area contributed by atoms with Gasteiger partial charge < -0.3 is 9.15 Å². The van der Waals surface area contributed by atoms with Crippen molar-refractivity contribution in [3.8, 4) is 0 Å². The summed E-state index contributed by atoms with van der Waals surface area (Å²) in [5.74, 6) is 0.421. The van der Waals surface area contributed by atoms with Crippen LogP contribution in [-0.2, 0) is 22.6 Å². The first-order valence-corrected chi connectivity index (χ1v) is 5.41. The van der Waals surface area contributed by atoms with E-state index >= 15 is 0 Å². The van der Waals surface area contributed by atoms with Crippen LogP contribution in [0.25, 0.3) is 0 Å². The molecule has 0 aliphatic carbocycles. The first-order valence-electron chi connectivity index (χ1n) is 5.41. The Labute approximate surface area is 99.2 Å². The van der Waals surface area contributed by atoms with E-state index in [1.54, 1.807) is 30.8 Å². The van der Waals surface area contributed by atoms with E-state index in [9.17, 15) is 4.79 Å². The van der Waals surface area contributed by atoms with E-state index in [0.717, 1.165) is 5.56 Å². The lowest BCUT2D eigenvalue weighted by atomic mass is 10.2. The minimum Gasteiger partial charge on any atom is -0.466 e. The minimum atomic E-state index is -0.231. The van der Waals surface area contributed by atoms with Crippen LogP contribution in [0.2, 0.25) is 0 Å². The number of aromatic nitrogens is 1. The third-order valence-electron chi connectivity index (χ3n) is 2.30. The van der Waals surface area contributed by atoms with E-state index in [1.807, 2.05) is 12.1 Å². The first-order chi connectivity index (χ1) is 8.34. The molecule has 0 N–H and O–H groups in total. The van der Waals surface area contributed by atoms with Crippen LogP contribution < -0.4 is 0 Å². The van der Waals surface area contributed by atoms with Gasteiger partial charge in [-0.25, -0.2) is 0 Å². The van der Waals surface area contributed by atoms with Gasteiger partial charge in [-0.3, -0.25) is 9.78 Å². The van der Waals surface area contributed by atoms with Gasteiger partial charge >= 0.3 is 5.97 Å². The second-order valence-electron chi connectivity index (χ2n) is 3.60. The van der Waals surface area contributed by atoms with Crippen molar-refractivity contribution >= 4 is 5.97 Å². The Morgan fingerprint density at radius 1 is 1.35 bits per heavy atom. The van der Waals surface area contributed by atoms with Gasteiger partial charge in [-0.15, -0.1) is 0 Å². The predicted octanol–water partition coefficient (Wildman–Crippen LogP) is 2.35. The van der Waals surface area contributed by atoms with Gasteiger partial charge in [0.25, 0.3) is 0 Å². The number of rotatable bonds is 5. The summed E-state index contributed by atoms with van der Waals surface area (Å²) in [4.78, 5) is 15.4. The summed E-state index contributed by atoms with van der Waals surface area (Å²) in [5, 5.41) is 0. The molecule has 0 fully saturated rings. The molecule has 2 rings (SSSR count). The molecular weight excluding hydrogens is 218 g/mol. The van der Waals surface area contributed by atoms with Gasteiger partial charge in [-0.05, 0) is 30.2 Å². The first kappa shape index (κ1) is 11.4. The molecule has 2 aromatic rings. The molecule has 0 amide bonds. The zero-order valence-corrected chi connectivity index (χ0v) is 9.33. The highest BCUT2D eigenvalue weighted by Crippen LogP contribution is 2.05. The Kier molecular flexibility index (Phi) is 3.91. The second kappa shape index (κ2) is 5.84. The van der Waals surface area contributed by atoms with E-state index in [2.05, 4.69) is 4.98 Å². The fraction of sp³-hybridized carbons (Fsp3) is 0.231. The molecular formula is C13H13NO3. The van der Waals surface area contributed by atoms with Crippen LogP contribution in [0.3, 0.4) is 0 Å². The summed E-state index contributed by atoms with van der Waals surface area (Å²) >= 11 is 0. The third kappa shape index (κ3) is 3.75. The van der Waals surface area contributed by atoms with E-state index in [4.69, 9.17) is 9.15 Å². The highest BCUT2D eigenvalue weighted by molar-refractivity contribution is 5.69. The standard InChI is InChI=1S/C13H13NO3/c15-13(17-10-12-4-2-8-16-12)6-5-11-3-1-7-14-9-11/h1-4,7-9H,5-6,10H2. The molecule has 0 unspecified atom stereocenters. The molecule has 0 spiro atoms. The highest BCUT2D eigenvalue weighted by atomic mass is 16.5. The topological polar surface area (TPSA) is 52.3 Å². The summed E-state index contributed by atoms with van der Waals surface area (Å²) in [6.07, 6.45) is 6.01. The van der Waals surface area contributed by atoms with Gasteiger partial charge in [0.15, 0.2) is 0 Å². The fourth-order valence-corrected chi connectivity index (χ4v) is 1.41. The zero-order valence-electron chi connectivity index (χ0n) is 9.33. The van der Waals surface area contributed by atoms with Crippen molar-refractivity contribution in [3.63, 3.8) is 0 Å². The summed E-state index contributed by atoms with van der Waals surface area (Å²) in [6, 6.07) is 7.32. The average Bonchev–Trinajstić information content (AvgIpc) is 2.88. The van der Waals surface area contributed by atoms with Crippen LogP contribution in [0.4, 0.5) is 0 Å². The monoisotopic (exact) mass is 231 g/mol. The Morgan fingerprint density at radius 3 is 3.00 bits per heavy atom. The molecule has 0 aromatic carbocycles. The third-order valence-corrected chi connectivity index (χ3v) is 2.30. The fourth-order valence-electron chi connectivity index (χ4n) is 1.41. The molecule has 0 aliphatic heterocycles. The van der Waals surface area contributed by atoms with Crippen molar-refractivity contribution < 1.29 is 13.9 Å². The van der Waals surface area contributed by atoms with Crippen molar-refractivity contribution in [2.45, 2.75) is 19.4 Å². The zero-order chi connectivity index (χ0) is 11.9. The lowest BCUT2D eigenvalue weighted by molar-refractivity contribution is -0.145. The summed E-state index contributed by atoms with van der Waals surface area (Å²) in [5.41, 5.74) is 1.03. The van der Waals surface area contributed by atoms with E-state index in [0.29, 0.717) is 18.6 Å². The van der Waals surface area contributed by atoms with E-state index in [-0.39, 0.29) is 12.6 Å². The Morgan fingerprint density at radius 2 is 2.29 bits per heavy atom. The van der Waals surface area contributed by atoms with Crippen molar-refractivity contribution in [2.75, 3.05) is 0 Å². The van der Waals surface area contributed by atoms with E-state index < -0.39 is 0 Å². The van der Waals surface area contributed by atoms with Crippen molar-refractivity contribution in [1.82, 2.24) is 4.98 Å². The van der Waals surface area contributed by atoms with Crippen LogP contribution in [0.1, 0.15) is 17.7 Å². The highest BCUT2D eigenvalue weighted by Gasteiger charge is 2.05. The quantitative estimate of drug-likeness (QED) is 0.741. The molecule has 88 valence electrons. The molecule has 0 bridgehead atoms. The molecule has 17 heavy (non-hydrogen) atoms. The molecule has 2 aromatic heterocycles. The summed E-state index contributed by atoms with van der Waals surface area (Å²) in [6.45, 7) is 0.193. The van der Waals surface area contributed by atoms with Gasteiger partial charge in [-0.2, -0.15) is 0 Å². The van der Waals surface area contributed by atoms with Crippen molar-refractivity contribution in [1.29, 1.82) is 0 Å². The second-order valence-corrected chi connectivity index (χ2v) is 3.60. The maximum absolute atomic E-state index is 11.4. The number of carbonyl (C=O) groups excluding carboxylic acids is 1. The largest absolute Gasteiger partial charge is 0.466 e. The normalized spacial score (nSPS) is 10.1. The van der Waals surface area contributed by atoms with Crippen LogP contribution in [0.5, 0.6) is 0 Å². The Hall–Kier alpha value is -2.10. The molecule has 0 saturated carbocycles. The molecule has 0 atom stereocenters. The number of ether oxygens (including phenoxy) is 1. The molecule has 4 nitrogen and oxygen atoms in total. The lowest BCUT2D eigenvalue weighted by Gasteiger charge is -2.02. The number of carbonyl (C=O) groups is 1. The van der Waals surface area contributed by atoms with Crippen molar-refractivity contribution in [2.24, 2.45) is 0 Å². The summed E-state index contributed by atoms with van der Waals surface area (Å²) < 4.78 is 10.1. The molecule has 0 radical (unpaired) electrons. The number of furan rings is 1. The lowest BCUT2D eigenvalue weighted by Crippen LogP contribution is -2.05. The van der Waals surface area contributed by atoms with Gasteiger partial charge in [-0.1, -0.05) is 6.07 Å². The molecule has 0 saturated heterocycles. The Balaban J connectivity index is 1.71. The summed E-state index contributed by atoms with van der Waals surface area (Å²) in [7, 11) is 0. The molecule has 2 heterocycles. The number of hydrogen-bond donors (Lipinski definition) is 0. The van der Waals surface area contributed by atoms with Gasteiger partial charge in [0, 0.05) is 18.8 Å². The van der Waals surface area contributed by atoms with Gasteiger partial charge in [0.2, 0.25) is 0 Å². The number of esters is 1. The Bertz CT molecular complexity index is 451. The number of aryl methyl sites for hydroxylation is 1. The molecule has 0 aliphatic rings. The smallest absolute Gasteiger partial charge is 0.306 e. The minimum absolute atomic E-state index is 0.193. The average molecular weight is 231 g/mol. The number of hydrogen-bond acceptors (Lipinski definition) is 4. The van der Waals surface area contributed by atoms with E-state index in [1.165, 1.54) is 0 Å². The SMILES string of the molecule is O=C(CCc1cccnc1)OCc1ccco1.